The van der Waals surface area contributed by atoms with Crippen LogP contribution in [0, 0.1) is 5.92 Å². The molecule has 1 fully saturated rings. The van der Waals surface area contributed by atoms with E-state index in [4.69, 9.17) is 47.4 Å². The summed E-state index contributed by atoms with van der Waals surface area (Å²) in [5.41, 5.74) is 6.06. The van der Waals surface area contributed by atoms with Crippen molar-refractivity contribution in [3.63, 3.8) is 0 Å². The molecular weight excluding hydrogens is 1230 g/mol. The van der Waals surface area contributed by atoms with E-state index in [0.717, 1.165) is 95.2 Å². The largest absolute Gasteiger partial charge is 0.497 e. The molecule has 12 heteroatoms. The Morgan fingerprint density at radius 1 is 0.430 bits per heavy atom. The van der Waals surface area contributed by atoms with Crippen LogP contribution >= 0.6 is 15.9 Å². The van der Waals surface area contributed by atoms with E-state index in [1.165, 1.54) is 96.3 Å². The Balaban J connectivity index is 1.23. The Morgan fingerprint density at radius 3 is 1.31 bits per heavy atom. The molecule has 0 radical (unpaired) electrons. The molecule has 1 aliphatic rings. The predicted octanol–water partition coefficient (Wildman–Crippen LogP) is 19.9. The summed E-state index contributed by atoms with van der Waals surface area (Å²) in [6.45, 7) is 4.41. The second-order valence-electron chi connectivity index (χ2n) is 25.3. The molecule has 0 aliphatic carbocycles. The fraction of sp³-hybridized carbons (Fsp3) is 0.543. The van der Waals surface area contributed by atoms with E-state index in [1.807, 2.05) is 109 Å². The maximum Gasteiger partial charge on any atom is 0.186 e. The molecule has 0 amide bonds. The third kappa shape index (κ3) is 29.7. The van der Waals surface area contributed by atoms with Gasteiger partial charge in [-0.15, -0.1) is 0 Å². The van der Waals surface area contributed by atoms with Crippen LogP contribution in [-0.4, -0.2) is 81.5 Å². The van der Waals surface area contributed by atoms with Gasteiger partial charge in [0.15, 0.2) is 6.29 Å². The molecule has 1 heterocycles. The summed E-state index contributed by atoms with van der Waals surface area (Å²) in [5, 5.41) is 1.07. The highest BCUT2D eigenvalue weighted by molar-refractivity contribution is 9.09. The highest BCUT2D eigenvalue weighted by atomic mass is 79.9. The zero-order valence-corrected chi connectivity index (χ0v) is 58.1. The van der Waals surface area contributed by atoms with Crippen LogP contribution in [0.4, 0.5) is 0 Å². The van der Waals surface area contributed by atoms with E-state index in [1.54, 1.807) is 14.2 Å². The zero-order valence-electron chi connectivity index (χ0n) is 56.5. The molecule has 11 nitrogen and oxygen atoms in total. The first-order valence-corrected chi connectivity index (χ1v) is 36.5. The topological polar surface area (TPSA) is 109 Å². The number of ether oxygens (including phenoxy) is 10. The third-order valence-electron chi connectivity index (χ3n) is 17.8. The van der Waals surface area contributed by atoms with Crippen LogP contribution in [0.1, 0.15) is 194 Å². The van der Waals surface area contributed by atoms with E-state index in [0.29, 0.717) is 26.2 Å². The Hall–Kier alpha value is -5.25. The van der Waals surface area contributed by atoms with Crippen molar-refractivity contribution in [3.05, 3.63) is 203 Å². The Morgan fingerprint density at radius 2 is 0.839 bits per heavy atom. The second kappa shape index (κ2) is 46.8. The summed E-state index contributed by atoms with van der Waals surface area (Å²) in [4.78, 5) is 14.9. The number of unbranched alkanes of at least 4 members (excludes halogenated alkanes) is 19. The maximum atomic E-state index is 14.9. The van der Waals surface area contributed by atoms with Crippen molar-refractivity contribution in [1.82, 2.24) is 0 Å². The zero-order chi connectivity index (χ0) is 65.0. The van der Waals surface area contributed by atoms with Gasteiger partial charge in [-0.2, -0.15) is 0 Å². The van der Waals surface area contributed by atoms with Crippen molar-refractivity contribution in [2.45, 2.75) is 244 Å². The molecule has 1 unspecified atom stereocenters. The van der Waals surface area contributed by atoms with Gasteiger partial charge < -0.3 is 47.4 Å². The number of Topliss-reactive ketones (excluding diaryl/α,β-unsaturated/α-hetero) is 1. The summed E-state index contributed by atoms with van der Waals surface area (Å²) in [5.74, 6) is 1.27. The lowest BCUT2D eigenvalue weighted by molar-refractivity contribution is -0.331. The number of halogens is 1. The molecule has 0 bridgehead atoms. The van der Waals surface area contributed by atoms with Crippen LogP contribution in [-0.2, 0) is 82.3 Å². The first-order valence-electron chi connectivity index (χ1n) is 35.3. The van der Waals surface area contributed by atoms with Gasteiger partial charge in [0, 0.05) is 24.1 Å². The Kier molecular flexibility index (Phi) is 37.8. The molecule has 0 saturated carbocycles. The molecule has 1 saturated heterocycles. The normalized spacial score (nSPS) is 17.4. The van der Waals surface area contributed by atoms with Crippen LogP contribution in [0.3, 0.4) is 0 Å². The number of ketones is 1. The van der Waals surface area contributed by atoms with Gasteiger partial charge in [-0.3, -0.25) is 4.79 Å². The first-order chi connectivity index (χ1) is 45.9. The fourth-order valence-electron chi connectivity index (χ4n) is 12.3. The number of alkyl halides is 1. The molecule has 0 N–H and O–H groups in total. The second-order valence-corrected chi connectivity index (χ2v) is 26.1. The number of hydrogen-bond acceptors (Lipinski definition) is 11. The summed E-state index contributed by atoms with van der Waals surface area (Å²) in [6, 6.07) is 56.8. The molecule has 0 spiro atoms. The SMILES string of the molecule is CCCCCCCCCCCCCC[C@@H](OCc1ccc(OC)cc1)[C@@H](OCc1ccc(OC)cc1)[C@H](CO[C@H]1OC(COCc2ccccc2)[C@H](OCc2ccccc2)[C@H](OCc2ccccc2)[C@H]1OCc1ccccc1)CC(=O)CCCCCCCCCCCBr. The molecule has 6 aromatic rings. The summed E-state index contributed by atoms with van der Waals surface area (Å²) in [7, 11) is 3.37. The predicted molar refractivity (Wildman–Crippen MR) is 378 cm³/mol. The van der Waals surface area contributed by atoms with Crippen molar-refractivity contribution < 1.29 is 52.2 Å². The maximum absolute atomic E-state index is 14.9. The average Bonchev–Trinajstić information content (AvgIpc) is 0.935. The summed E-state index contributed by atoms with van der Waals surface area (Å²) >= 11 is 3.58. The molecule has 508 valence electrons. The van der Waals surface area contributed by atoms with E-state index < -0.39 is 48.8 Å². The number of hydrogen-bond donors (Lipinski definition) is 0. The molecule has 0 aromatic heterocycles. The fourth-order valence-corrected chi connectivity index (χ4v) is 12.7. The number of methoxy groups -OCH3 is 2. The lowest BCUT2D eigenvalue weighted by Gasteiger charge is -2.46. The monoisotopic (exact) mass is 1340 g/mol. The van der Waals surface area contributed by atoms with Crippen LogP contribution in [0.5, 0.6) is 11.5 Å². The Bertz CT molecular complexity index is 2770. The number of carbonyl (C=O) groups excluding carboxylic acids is 1. The van der Waals surface area contributed by atoms with Gasteiger partial charge in [-0.05, 0) is 76.9 Å². The third-order valence-corrected chi connectivity index (χ3v) is 18.4. The lowest BCUT2D eigenvalue weighted by atomic mass is 9.89. The number of carbonyl (C=O) groups is 1. The van der Waals surface area contributed by atoms with Crippen LogP contribution in [0.25, 0.3) is 0 Å². The van der Waals surface area contributed by atoms with Crippen LogP contribution < -0.4 is 9.47 Å². The summed E-state index contributed by atoms with van der Waals surface area (Å²) in [6.07, 6.45) is 22.0. The van der Waals surface area contributed by atoms with Crippen molar-refractivity contribution in [3.8, 4) is 11.5 Å². The molecule has 6 aromatic carbocycles. The van der Waals surface area contributed by atoms with Crippen LogP contribution in [0.2, 0.25) is 0 Å². The van der Waals surface area contributed by atoms with Gasteiger partial charge >= 0.3 is 0 Å². The highest BCUT2D eigenvalue weighted by Gasteiger charge is 2.50. The van der Waals surface area contributed by atoms with Gasteiger partial charge in [-0.25, -0.2) is 0 Å². The van der Waals surface area contributed by atoms with Gasteiger partial charge in [0.2, 0.25) is 0 Å². The minimum absolute atomic E-state index is 0.101. The average molecular weight is 1340 g/mol. The van der Waals surface area contributed by atoms with Gasteiger partial charge in [0.1, 0.15) is 41.7 Å². The minimum atomic E-state index is -0.995. The van der Waals surface area contributed by atoms with Crippen molar-refractivity contribution in [2.75, 3.05) is 32.8 Å². The van der Waals surface area contributed by atoms with Crippen molar-refractivity contribution in [1.29, 1.82) is 0 Å². The van der Waals surface area contributed by atoms with Crippen molar-refractivity contribution >= 4 is 21.7 Å². The van der Waals surface area contributed by atoms with Gasteiger partial charge in [0.25, 0.3) is 0 Å². The quantitative estimate of drug-likeness (QED) is 0.0269. The number of rotatable bonds is 52. The molecule has 1 aliphatic heterocycles. The first kappa shape index (κ1) is 75.1. The van der Waals surface area contributed by atoms with Gasteiger partial charge in [-0.1, -0.05) is 290 Å². The highest BCUT2D eigenvalue weighted by Crippen LogP contribution is 2.35. The molecule has 7 rings (SSSR count). The van der Waals surface area contributed by atoms with E-state index in [2.05, 4.69) is 83.5 Å². The minimum Gasteiger partial charge on any atom is -0.497 e. The van der Waals surface area contributed by atoms with E-state index in [9.17, 15) is 4.79 Å². The Labute approximate surface area is 567 Å². The van der Waals surface area contributed by atoms with Gasteiger partial charge in [0.05, 0.1) is 79.3 Å². The van der Waals surface area contributed by atoms with Crippen LogP contribution in [0.15, 0.2) is 170 Å². The lowest BCUT2D eigenvalue weighted by Crippen LogP contribution is -2.62. The number of benzene rings is 6. The van der Waals surface area contributed by atoms with E-state index >= 15 is 0 Å². The molecular formula is C81H111BrO11. The summed E-state index contributed by atoms with van der Waals surface area (Å²) < 4.78 is 68.4. The van der Waals surface area contributed by atoms with Crippen molar-refractivity contribution in [2.24, 2.45) is 5.92 Å². The molecule has 93 heavy (non-hydrogen) atoms. The smallest absolute Gasteiger partial charge is 0.186 e. The standard InChI is InChI=1S/C81H111BrO11/c1-4-5-6-7-8-9-10-11-14-17-20-35-46-75(87-58-69-47-51-73(84-2)52-48-69)77(88-62-70-49-53-74(85-3)54-50-70)71(56-72(83)45-34-19-16-13-12-15-18-21-36-55-82)63-92-81-80(91-61-68-43-32-25-33-44-68)79(90-60-67-41-30-24-31-42-67)78(89-59-66-39-28-23-29-40-66)76(93-81)64-86-57-65-37-26-22-27-38-65/h22-33,37-44,47-54,71,75-81H,4-21,34-36,45-46,55-64H2,1-3H3/t71-,75+,76?,77-,78-,79-,80+,81-/m0/s1. The van der Waals surface area contributed by atoms with E-state index in [-0.39, 0.29) is 45.2 Å². The molecule has 8 atom stereocenters.